The Kier molecular flexibility index (Phi) is 6.25. The van der Waals surface area contributed by atoms with E-state index in [1.165, 1.54) is 19.9 Å². The van der Waals surface area contributed by atoms with Crippen LogP contribution in [0.1, 0.15) is 47.1 Å². The average molecular weight is 408 g/mol. The van der Waals surface area contributed by atoms with Crippen molar-refractivity contribution < 1.29 is 36.1 Å². The van der Waals surface area contributed by atoms with E-state index in [-0.39, 0.29) is 18.7 Å². The summed E-state index contributed by atoms with van der Waals surface area (Å²) >= 11 is 0. The van der Waals surface area contributed by atoms with Crippen LogP contribution >= 0.6 is 7.60 Å². The van der Waals surface area contributed by atoms with Crippen LogP contribution in [0.5, 0.6) is 0 Å². The Morgan fingerprint density at radius 3 is 1.93 bits per heavy atom. The van der Waals surface area contributed by atoms with Crippen molar-refractivity contribution in [3.05, 3.63) is 23.8 Å². The molecular weight excluding hydrogens is 383 g/mol. The van der Waals surface area contributed by atoms with E-state index in [0.717, 1.165) is 12.1 Å². The quantitative estimate of drug-likeness (QED) is 0.528. The molecule has 2 rings (SSSR count). The summed E-state index contributed by atoms with van der Waals surface area (Å²) in [6.07, 6.45) is -4.75. The molecule has 1 heterocycles. The monoisotopic (exact) mass is 408 g/mol. The summed E-state index contributed by atoms with van der Waals surface area (Å²) < 4.78 is 75.9. The third kappa shape index (κ3) is 4.43. The first-order valence-corrected chi connectivity index (χ1v) is 10.3. The van der Waals surface area contributed by atoms with Crippen LogP contribution < -0.4 is 10.8 Å². The van der Waals surface area contributed by atoms with Crippen molar-refractivity contribution in [2.24, 2.45) is 0 Å². The number of benzene rings is 1. The van der Waals surface area contributed by atoms with E-state index < -0.39 is 43.0 Å². The molecule has 5 nitrogen and oxygen atoms in total. The molecule has 1 fully saturated rings. The molecule has 0 spiro atoms. The minimum atomic E-state index is -4.75. The Bertz CT molecular complexity index is 710. The molecule has 0 aromatic heterocycles. The van der Waals surface area contributed by atoms with Crippen molar-refractivity contribution in [1.29, 1.82) is 0 Å². The van der Waals surface area contributed by atoms with Crippen molar-refractivity contribution in [2.75, 3.05) is 13.2 Å². The Balaban J connectivity index is 2.54. The van der Waals surface area contributed by atoms with Crippen LogP contribution in [0.25, 0.3) is 0 Å². The zero-order valence-electron chi connectivity index (χ0n) is 16.3. The topological polar surface area (TPSA) is 54.0 Å². The lowest BCUT2D eigenvalue weighted by Crippen LogP contribution is -2.41. The number of hydrogen-bond acceptors (Lipinski definition) is 5. The average Bonchev–Trinajstić information content (AvgIpc) is 2.74. The number of alkyl halides is 3. The smallest absolute Gasteiger partial charge is 0.399 e. The molecule has 0 unspecified atom stereocenters. The van der Waals surface area contributed by atoms with Crippen molar-refractivity contribution in [2.45, 2.75) is 58.9 Å². The largest absolute Gasteiger partial charge is 0.494 e. The van der Waals surface area contributed by atoms with Gasteiger partial charge in [0.15, 0.2) is 0 Å². The predicted octanol–water partition coefficient (Wildman–Crippen LogP) is 3.90. The van der Waals surface area contributed by atoms with Gasteiger partial charge in [-0.05, 0) is 59.1 Å². The Morgan fingerprint density at radius 2 is 1.52 bits per heavy atom. The molecule has 10 heteroatoms. The highest BCUT2D eigenvalue weighted by atomic mass is 31.2. The summed E-state index contributed by atoms with van der Waals surface area (Å²) in [7, 11) is -5.08. The summed E-state index contributed by atoms with van der Waals surface area (Å²) in [6.45, 7) is 10.2. The van der Waals surface area contributed by atoms with Crippen molar-refractivity contribution >= 4 is 25.5 Å². The molecule has 0 atom stereocenters. The molecule has 0 bridgehead atoms. The third-order valence-electron chi connectivity index (χ3n) is 4.74. The second-order valence-electron chi connectivity index (χ2n) is 7.20. The minimum absolute atomic E-state index is 0.0481. The molecule has 0 N–H and O–H groups in total. The molecule has 0 radical (unpaired) electrons. The molecule has 1 aromatic rings. The van der Waals surface area contributed by atoms with Gasteiger partial charge in [-0.1, -0.05) is 6.07 Å². The van der Waals surface area contributed by atoms with Crippen LogP contribution in [0, 0.1) is 0 Å². The summed E-state index contributed by atoms with van der Waals surface area (Å²) in [4.78, 5) is 0. The highest BCUT2D eigenvalue weighted by Crippen LogP contribution is 2.49. The lowest BCUT2D eigenvalue weighted by Gasteiger charge is -2.32. The van der Waals surface area contributed by atoms with Crippen molar-refractivity contribution in [3.63, 3.8) is 0 Å². The lowest BCUT2D eigenvalue weighted by molar-refractivity contribution is -0.136. The van der Waals surface area contributed by atoms with E-state index in [2.05, 4.69) is 0 Å². The summed E-state index contributed by atoms with van der Waals surface area (Å²) in [6, 6.07) is 3.41. The van der Waals surface area contributed by atoms with Gasteiger partial charge in [0.1, 0.15) is 0 Å². The molecule has 152 valence electrons. The summed E-state index contributed by atoms with van der Waals surface area (Å²) in [5.41, 5.74) is -2.29. The Morgan fingerprint density at radius 1 is 1.04 bits per heavy atom. The van der Waals surface area contributed by atoms with Gasteiger partial charge in [0, 0.05) is 0 Å². The number of hydrogen-bond donors (Lipinski definition) is 0. The zero-order valence-corrected chi connectivity index (χ0v) is 17.2. The van der Waals surface area contributed by atoms with Gasteiger partial charge in [-0.2, -0.15) is 13.2 Å². The Hall–Kier alpha value is -0.855. The van der Waals surface area contributed by atoms with Crippen LogP contribution in [0.3, 0.4) is 0 Å². The SMILES string of the molecule is CCOP(=O)(OCC)c1ccc(B2OC(C)(C)C(C)(C)O2)cc1C(F)(F)F. The fraction of sp³-hybridized carbons (Fsp3) is 0.647. The zero-order chi connectivity index (χ0) is 20.7. The highest BCUT2D eigenvalue weighted by Gasteiger charge is 2.52. The van der Waals surface area contributed by atoms with E-state index in [1.54, 1.807) is 0 Å². The van der Waals surface area contributed by atoms with Gasteiger partial charge in [-0.25, -0.2) is 0 Å². The van der Waals surface area contributed by atoms with Crippen molar-refractivity contribution in [3.8, 4) is 0 Å². The number of rotatable bonds is 6. The molecule has 0 saturated carbocycles. The fourth-order valence-electron chi connectivity index (χ4n) is 2.66. The first kappa shape index (κ1) is 22.4. The fourth-order valence-corrected chi connectivity index (χ4v) is 4.44. The molecule has 0 amide bonds. The van der Waals surface area contributed by atoms with E-state index in [9.17, 15) is 17.7 Å². The minimum Gasteiger partial charge on any atom is -0.399 e. The van der Waals surface area contributed by atoms with Gasteiger partial charge in [0.25, 0.3) is 0 Å². The second kappa shape index (κ2) is 7.52. The van der Waals surface area contributed by atoms with E-state index >= 15 is 0 Å². The molecule has 0 aliphatic carbocycles. The van der Waals surface area contributed by atoms with E-state index in [1.807, 2.05) is 27.7 Å². The predicted molar refractivity (Wildman–Crippen MR) is 97.7 cm³/mol. The van der Waals surface area contributed by atoms with Crippen LogP contribution in [-0.4, -0.2) is 31.5 Å². The van der Waals surface area contributed by atoms with Crippen LogP contribution in [0.2, 0.25) is 0 Å². The van der Waals surface area contributed by atoms with Crippen molar-refractivity contribution in [1.82, 2.24) is 0 Å². The molecule has 27 heavy (non-hydrogen) atoms. The maximum atomic E-state index is 13.7. The normalized spacial score (nSPS) is 19.5. The summed E-state index contributed by atoms with van der Waals surface area (Å²) in [5, 5.41) is -0.515. The maximum absolute atomic E-state index is 13.7. The first-order chi connectivity index (χ1) is 12.3. The molecule has 1 aliphatic rings. The Labute approximate surface area is 158 Å². The van der Waals surface area contributed by atoms with Crippen LogP contribution in [-0.2, 0) is 29.1 Å². The maximum Gasteiger partial charge on any atom is 0.494 e. The van der Waals surface area contributed by atoms with E-state index in [4.69, 9.17) is 18.4 Å². The van der Waals surface area contributed by atoms with Gasteiger partial charge < -0.3 is 18.4 Å². The van der Waals surface area contributed by atoms with Gasteiger partial charge in [-0.15, -0.1) is 0 Å². The first-order valence-electron chi connectivity index (χ1n) is 8.74. The lowest BCUT2D eigenvalue weighted by atomic mass is 9.78. The standard InChI is InChI=1S/C17H25BF3O5P/c1-7-23-27(22,24-8-2)14-10-9-12(11-13(14)17(19,20)21)18-25-15(3,4)16(5,6)26-18/h9-11H,7-8H2,1-6H3. The molecule has 1 saturated heterocycles. The third-order valence-corrected chi connectivity index (χ3v) is 6.92. The van der Waals surface area contributed by atoms with Crippen LogP contribution in [0.4, 0.5) is 13.2 Å². The van der Waals surface area contributed by atoms with Gasteiger partial charge >= 0.3 is 20.9 Å². The van der Waals surface area contributed by atoms with Gasteiger partial charge in [0.05, 0.1) is 35.3 Å². The van der Waals surface area contributed by atoms with Crippen LogP contribution in [0.15, 0.2) is 18.2 Å². The van der Waals surface area contributed by atoms with Gasteiger partial charge in [0.2, 0.25) is 0 Å². The highest BCUT2D eigenvalue weighted by molar-refractivity contribution is 7.62. The van der Waals surface area contributed by atoms with Gasteiger partial charge in [-0.3, -0.25) is 4.57 Å². The second-order valence-corrected chi connectivity index (χ2v) is 9.19. The summed E-state index contributed by atoms with van der Waals surface area (Å²) in [5.74, 6) is 0. The molecular formula is C17H25BF3O5P. The molecule has 1 aromatic carbocycles. The number of halogens is 3. The molecule has 1 aliphatic heterocycles. The van der Waals surface area contributed by atoms with E-state index in [0.29, 0.717) is 0 Å².